The van der Waals surface area contributed by atoms with Crippen LogP contribution in [0.4, 0.5) is 0 Å². The molecule has 2 unspecified atom stereocenters. The van der Waals surface area contributed by atoms with Crippen LogP contribution in [0.5, 0.6) is 0 Å². The molecular formula is C22H26N2O5S. The summed E-state index contributed by atoms with van der Waals surface area (Å²) < 4.78 is 5.12. The molecule has 0 saturated carbocycles. The summed E-state index contributed by atoms with van der Waals surface area (Å²) in [6.45, 7) is 3.43. The minimum absolute atomic E-state index is 0.0575. The number of carbonyl (C=O) groups excluding carboxylic acids is 4. The van der Waals surface area contributed by atoms with E-state index in [-0.39, 0.29) is 43.5 Å². The van der Waals surface area contributed by atoms with E-state index in [0.29, 0.717) is 4.88 Å². The SMILES string of the molecule is CC(OC(=O)CCNC(=O)CCC(=O)c1cccs1)C(=O)NC(C)c1ccccc1. The summed E-state index contributed by atoms with van der Waals surface area (Å²) in [5.74, 6) is -1.37. The number of carbonyl (C=O) groups is 4. The molecular weight excluding hydrogens is 404 g/mol. The number of ketones is 1. The van der Waals surface area contributed by atoms with Crippen molar-refractivity contribution in [3.05, 3.63) is 58.3 Å². The highest BCUT2D eigenvalue weighted by molar-refractivity contribution is 7.12. The lowest BCUT2D eigenvalue weighted by Gasteiger charge is -2.18. The average Bonchev–Trinajstić information content (AvgIpc) is 3.27. The smallest absolute Gasteiger partial charge is 0.308 e. The van der Waals surface area contributed by atoms with Crippen molar-refractivity contribution in [1.82, 2.24) is 10.6 Å². The van der Waals surface area contributed by atoms with Crippen LogP contribution in [0.3, 0.4) is 0 Å². The van der Waals surface area contributed by atoms with Crippen LogP contribution in [-0.2, 0) is 19.1 Å². The van der Waals surface area contributed by atoms with Crippen LogP contribution in [0.1, 0.15) is 54.4 Å². The Balaban J connectivity index is 1.63. The largest absolute Gasteiger partial charge is 0.452 e. The fourth-order valence-corrected chi connectivity index (χ4v) is 3.34. The van der Waals surface area contributed by atoms with Crippen LogP contribution in [0, 0.1) is 0 Å². The highest BCUT2D eigenvalue weighted by atomic mass is 32.1. The number of thiophene rings is 1. The van der Waals surface area contributed by atoms with Crippen LogP contribution < -0.4 is 10.6 Å². The molecule has 0 radical (unpaired) electrons. The number of nitrogens with one attached hydrogen (secondary N) is 2. The molecule has 2 amide bonds. The first-order valence-electron chi connectivity index (χ1n) is 9.75. The summed E-state index contributed by atoms with van der Waals surface area (Å²) in [6, 6.07) is 12.8. The summed E-state index contributed by atoms with van der Waals surface area (Å²) in [5.41, 5.74) is 0.949. The zero-order valence-electron chi connectivity index (χ0n) is 17.1. The number of hydrogen-bond donors (Lipinski definition) is 2. The first-order valence-corrected chi connectivity index (χ1v) is 10.6. The van der Waals surface area contributed by atoms with Crippen molar-refractivity contribution in [3.8, 4) is 0 Å². The molecule has 0 saturated heterocycles. The minimum Gasteiger partial charge on any atom is -0.452 e. The second-order valence-corrected chi connectivity index (χ2v) is 7.72. The number of hydrogen-bond acceptors (Lipinski definition) is 6. The van der Waals surface area contributed by atoms with Gasteiger partial charge >= 0.3 is 5.97 Å². The lowest BCUT2D eigenvalue weighted by molar-refractivity contribution is -0.155. The highest BCUT2D eigenvalue weighted by Gasteiger charge is 2.20. The summed E-state index contributed by atoms with van der Waals surface area (Å²) in [7, 11) is 0. The van der Waals surface area contributed by atoms with Crippen molar-refractivity contribution >= 4 is 34.9 Å². The maximum atomic E-state index is 12.2. The third kappa shape index (κ3) is 7.79. The van der Waals surface area contributed by atoms with Gasteiger partial charge in [0.05, 0.1) is 17.3 Å². The van der Waals surface area contributed by atoms with Crippen LogP contribution in [0.25, 0.3) is 0 Å². The summed E-state index contributed by atoms with van der Waals surface area (Å²) in [6.07, 6.45) is -0.825. The number of benzene rings is 1. The fourth-order valence-electron chi connectivity index (χ4n) is 2.65. The van der Waals surface area contributed by atoms with E-state index < -0.39 is 18.0 Å². The molecule has 7 nitrogen and oxygen atoms in total. The monoisotopic (exact) mass is 430 g/mol. The molecule has 0 aliphatic carbocycles. The predicted molar refractivity (Wildman–Crippen MR) is 114 cm³/mol. The van der Waals surface area contributed by atoms with Crippen molar-refractivity contribution < 1.29 is 23.9 Å². The van der Waals surface area contributed by atoms with Crippen LogP contribution in [0.15, 0.2) is 47.8 Å². The van der Waals surface area contributed by atoms with E-state index in [1.54, 1.807) is 12.1 Å². The van der Waals surface area contributed by atoms with Crippen molar-refractivity contribution in [1.29, 1.82) is 0 Å². The van der Waals surface area contributed by atoms with E-state index in [9.17, 15) is 19.2 Å². The topological polar surface area (TPSA) is 102 Å². The van der Waals surface area contributed by atoms with Crippen molar-refractivity contribution in [2.24, 2.45) is 0 Å². The average molecular weight is 431 g/mol. The molecule has 0 bridgehead atoms. The molecule has 0 fully saturated rings. The number of Topliss-reactive ketones (excluding diaryl/α,β-unsaturated/α-hetero) is 1. The molecule has 0 spiro atoms. The van der Waals surface area contributed by atoms with Gasteiger partial charge in [-0.15, -0.1) is 11.3 Å². The van der Waals surface area contributed by atoms with Gasteiger partial charge in [0.1, 0.15) is 0 Å². The Labute approximate surface area is 179 Å². The lowest BCUT2D eigenvalue weighted by Crippen LogP contribution is -2.37. The zero-order chi connectivity index (χ0) is 21.9. The van der Waals surface area contributed by atoms with Crippen molar-refractivity contribution in [3.63, 3.8) is 0 Å². The molecule has 1 aromatic heterocycles. The molecule has 160 valence electrons. The Hall–Kier alpha value is -3.00. The van der Waals surface area contributed by atoms with Crippen LogP contribution in [0.2, 0.25) is 0 Å². The highest BCUT2D eigenvalue weighted by Crippen LogP contribution is 2.13. The van der Waals surface area contributed by atoms with Gasteiger partial charge < -0.3 is 15.4 Å². The minimum atomic E-state index is -0.942. The van der Waals surface area contributed by atoms with Gasteiger partial charge in [-0.05, 0) is 30.9 Å². The number of rotatable bonds is 11. The van der Waals surface area contributed by atoms with Gasteiger partial charge in [0.2, 0.25) is 5.91 Å². The maximum absolute atomic E-state index is 12.2. The summed E-state index contributed by atoms with van der Waals surface area (Å²) >= 11 is 1.34. The molecule has 2 atom stereocenters. The van der Waals surface area contributed by atoms with E-state index in [2.05, 4.69) is 10.6 Å². The van der Waals surface area contributed by atoms with Gasteiger partial charge in [0, 0.05) is 19.4 Å². The quantitative estimate of drug-likeness (QED) is 0.421. The second kappa shape index (κ2) is 11.9. The molecule has 2 rings (SSSR count). The van der Waals surface area contributed by atoms with Gasteiger partial charge in [-0.3, -0.25) is 19.2 Å². The summed E-state index contributed by atoms with van der Waals surface area (Å²) in [4.78, 5) is 48.4. The van der Waals surface area contributed by atoms with Gasteiger partial charge in [0.15, 0.2) is 11.9 Å². The van der Waals surface area contributed by atoms with E-state index >= 15 is 0 Å². The molecule has 1 aromatic carbocycles. The molecule has 30 heavy (non-hydrogen) atoms. The number of ether oxygens (including phenoxy) is 1. The maximum Gasteiger partial charge on any atom is 0.308 e. The van der Waals surface area contributed by atoms with Gasteiger partial charge in [0.25, 0.3) is 5.91 Å². The third-order valence-electron chi connectivity index (χ3n) is 4.36. The Bertz CT molecular complexity index is 852. The lowest BCUT2D eigenvalue weighted by atomic mass is 10.1. The second-order valence-electron chi connectivity index (χ2n) is 6.77. The van der Waals surface area contributed by atoms with E-state index in [4.69, 9.17) is 4.74 Å². The van der Waals surface area contributed by atoms with Gasteiger partial charge in [-0.2, -0.15) is 0 Å². The zero-order valence-corrected chi connectivity index (χ0v) is 17.9. The first kappa shape index (κ1) is 23.3. The summed E-state index contributed by atoms with van der Waals surface area (Å²) in [5, 5.41) is 7.19. The Morgan fingerprint density at radius 1 is 0.967 bits per heavy atom. The van der Waals surface area contributed by atoms with E-state index in [0.717, 1.165) is 5.56 Å². The third-order valence-corrected chi connectivity index (χ3v) is 5.27. The standard InChI is InChI=1S/C22H26N2O5S/c1-15(17-7-4-3-5-8-17)24-22(28)16(2)29-21(27)12-13-23-20(26)11-10-18(25)19-9-6-14-30-19/h3-9,14-16H,10-13H2,1-2H3,(H,23,26)(H,24,28). The van der Waals surface area contributed by atoms with Gasteiger partial charge in [-0.25, -0.2) is 0 Å². The Morgan fingerprint density at radius 2 is 1.70 bits per heavy atom. The van der Waals surface area contributed by atoms with E-state index in [1.807, 2.05) is 42.6 Å². The fraction of sp³-hybridized carbons (Fsp3) is 0.364. The van der Waals surface area contributed by atoms with E-state index in [1.165, 1.54) is 18.3 Å². The van der Waals surface area contributed by atoms with Crippen molar-refractivity contribution in [2.75, 3.05) is 6.54 Å². The predicted octanol–water partition coefficient (Wildman–Crippen LogP) is 3.03. The molecule has 0 aliphatic rings. The van der Waals surface area contributed by atoms with Crippen LogP contribution in [-0.4, -0.2) is 36.2 Å². The first-order chi connectivity index (χ1) is 14.4. The molecule has 8 heteroatoms. The number of amides is 2. The molecule has 2 aromatic rings. The molecule has 0 aliphatic heterocycles. The van der Waals surface area contributed by atoms with Crippen molar-refractivity contribution in [2.45, 2.75) is 45.3 Å². The molecule has 2 N–H and O–H groups in total. The van der Waals surface area contributed by atoms with Gasteiger partial charge in [-0.1, -0.05) is 36.4 Å². The normalized spacial score (nSPS) is 12.5. The Kier molecular flexibility index (Phi) is 9.21. The molecule has 1 heterocycles. The number of esters is 1. The van der Waals surface area contributed by atoms with Crippen LogP contribution >= 0.6 is 11.3 Å². The Morgan fingerprint density at radius 3 is 2.37 bits per heavy atom.